The van der Waals surface area contributed by atoms with Crippen molar-refractivity contribution in [1.29, 1.82) is 0 Å². The second kappa shape index (κ2) is 39.2. The maximum Gasteiger partial charge on any atom is 0.107 e. The summed E-state index contributed by atoms with van der Waals surface area (Å²) in [6.07, 6.45) is 15.6. The van der Waals surface area contributed by atoms with Crippen molar-refractivity contribution in [3.05, 3.63) is 0 Å². The van der Waals surface area contributed by atoms with Crippen molar-refractivity contribution in [1.82, 2.24) is 0 Å². The molecule has 0 aromatic heterocycles. The molecule has 0 aromatic rings. The molecule has 0 atom stereocenters. The number of rotatable bonds is 37. The molecule has 0 bridgehead atoms. The third-order valence-corrected chi connectivity index (χ3v) is 5.68. The highest BCUT2D eigenvalue weighted by Crippen LogP contribution is 2.08. The molecule has 41 heavy (non-hydrogen) atoms. The van der Waals surface area contributed by atoms with Crippen molar-refractivity contribution >= 4 is 0 Å². The zero-order chi connectivity index (χ0) is 29.6. The van der Waals surface area contributed by atoms with Crippen LogP contribution in [0.15, 0.2) is 0 Å². The topological polar surface area (TPSA) is 92.3 Å². The molecule has 0 amide bonds. The molecule has 0 aliphatic rings. The molecule has 10 nitrogen and oxygen atoms in total. The molecule has 0 saturated carbocycles. The summed E-state index contributed by atoms with van der Waals surface area (Å²) in [5.41, 5.74) is 0. The van der Waals surface area contributed by atoms with Gasteiger partial charge >= 0.3 is 0 Å². The molecule has 0 aromatic carbocycles. The lowest BCUT2D eigenvalue weighted by Crippen LogP contribution is -2.15. The lowest BCUT2D eigenvalue weighted by molar-refractivity contribution is -0.0261. The first kappa shape index (κ1) is 40.2. The summed E-state index contributed by atoms with van der Waals surface area (Å²) < 4.78 is 54.3. The molecule has 0 rings (SSSR count). The number of terminal acetylenes is 1. The minimum Gasteiger partial charge on any atom is -0.379 e. The predicted octanol–water partition coefficient (Wildman–Crippen LogP) is 3.93. The normalized spacial score (nSPS) is 11.3. The average Bonchev–Trinajstić information content (AvgIpc) is 2.98. The second-order valence-corrected chi connectivity index (χ2v) is 9.24. The van der Waals surface area contributed by atoms with Gasteiger partial charge < -0.3 is 47.4 Å². The van der Waals surface area contributed by atoms with Crippen LogP contribution in [0, 0.1) is 12.3 Å². The Hall–Kier alpha value is -0.840. The monoisotopic (exact) mass is 592 g/mol. The van der Waals surface area contributed by atoms with E-state index in [-0.39, 0.29) is 0 Å². The van der Waals surface area contributed by atoms with Crippen LogP contribution >= 0.6 is 0 Å². The predicted molar refractivity (Wildman–Crippen MR) is 160 cm³/mol. The summed E-state index contributed by atoms with van der Waals surface area (Å²) in [7, 11) is 0. The van der Waals surface area contributed by atoms with E-state index < -0.39 is 0 Å². The number of hydrogen-bond donors (Lipinski definition) is 0. The van der Waals surface area contributed by atoms with Crippen LogP contribution in [0.4, 0.5) is 0 Å². The quantitative estimate of drug-likeness (QED) is 0.0781. The molecule has 0 N–H and O–H groups in total. The van der Waals surface area contributed by atoms with E-state index in [1.807, 2.05) is 0 Å². The maximum absolute atomic E-state index is 5.61. The van der Waals surface area contributed by atoms with Crippen LogP contribution in [-0.2, 0) is 47.4 Å². The van der Waals surface area contributed by atoms with Crippen LogP contribution in [-0.4, -0.2) is 132 Å². The molecule has 0 unspecified atom stereocenters. The first-order valence-corrected chi connectivity index (χ1v) is 15.6. The van der Waals surface area contributed by atoms with Gasteiger partial charge in [-0.25, -0.2) is 0 Å². The molecule has 0 fully saturated rings. The highest BCUT2D eigenvalue weighted by atomic mass is 16.6. The van der Waals surface area contributed by atoms with E-state index in [0.29, 0.717) is 126 Å². The molecule has 0 heterocycles. The van der Waals surface area contributed by atoms with Gasteiger partial charge in [0.25, 0.3) is 0 Å². The standard InChI is InChI=1S/C31H60O10/c1-3-5-6-7-8-9-10-11-13-33-15-17-35-19-21-37-23-25-39-27-29-41-31-30-40-28-26-38-24-22-36-20-18-34-16-14-32-12-4-2/h2H,3,5-31H2,1H3. The van der Waals surface area contributed by atoms with Crippen LogP contribution in [0.1, 0.15) is 58.3 Å². The number of unbranched alkanes of at least 4 members (excludes halogenated alkanes) is 7. The molecule has 0 saturated heterocycles. The lowest BCUT2D eigenvalue weighted by atomic mass is 10.1. The molecule has 0 radical (unpaired) electrons. The number of ether oxygens (including phenoxy) is 10. The summed E-state index contributed by atoms with van der Waals surface area (Å²) in [5.74, 6) is 2.40. The largest absolute Gasteiger partial charge is 0.379 e. The smallest absolute Gasteiger partial charge is 0.107 e. The van der Waals surface area contributed by atoms with Gasteiger partial charge in [0.05, 0.1) is 119 Å². The SMILES string of the molecule is C#CCOCCOCCOCCOCCOCCOCCOCCOCCOCCOCCCCCCCCCC. The Balaban J connectivity index is 3.02. The van der Waals surface area contributed by atoms with Gasteiger partial charge in [-0.1, -0.05) is 57.8 Å². The summed E-state index contributed by atoms with van der Waals surface area (Å²) in [6, 6.07) is 0. The van der Waals surface area contributed by atoms with Gasteiger partial charge in [0.1, 0.15) is 6.61 Å². The van der Waals surface area contributed by atoms with E-state index in [1.54, 1.807) is 0 Å². The van der Waals surface area contributed by atoms with Gasteiger partial charge in [-0.05, 0) is 6.42 Å². The lowest BCUT2D eigenvalue weighted by Gasteiger charge is -2.09. The van der Waals surface area contributed by atoms with E-state index in [0.717, 1.165) is 13.0 Å². The molecule has 244 valence electrons. The first-order valence-electron chi connectivity index (χ1n) is 15.6. The molecular weight excluding hydrogens is 532 g/mol. The van der Waals surface area contributed by atoms with Crippen LogP contribution in [0.3, 0.4) is 0 Å². The molecular formula is C31H60O10. The van der Waals surface area contributed by atoms with E-state index in [2.05, 4.69) is 12.8 Å². The van der Waals surface area contributed by atoms with Crippen molar-refractivity contribution in [2.45, 2.75) is 58.3 Å². The molecule has 0 spiro atoms. The van der Waals surface area contributed by atoms with Crippen LogP contribution in [0.5, 0.6) is 0 Å². The van der Waals surface area contributed by atoms with Gasteiger partial charge in [0.2, 0.25) is 0 Å². The Morgan fingerprint density at radius 1 is 0.317 bits per heavy atom. The number of hydrogen-bond acceptors (Lipinski definition) is 10. The fourth-order valence-corrected chi connectivity index (χ4v) is 3.45. The highest BCUT2D eigenvalue weighted by molar-refractivity contribution is 4.82. The van der Waals surface area contributed by atoms with Gasteiger partial charge in [-0.3, -0.25) is 0 Å². The Kier molecular flexibility index (Phi) is 38.4. The van der Waals surface area contributed by atoms with Crippen molar-refractivity contribution < 1.29 is 47.4 Å². The second-order valence-electron chi connectivity index (χ2n) is 9.24. The molecule has 10 heteroatoms. The van der Waals surface area contributed by atoms with Crippen molar-refractivity contribution in [2.24, 2.45) is 0 Å². The summed E-state index contributed by atoms with van der Waals surface area (Å²) in [4.78, 5) is 0. The average molecular weight is 593 g/mol. The fourth-order valence-electron chi connectivity index (χ4n) is 3.45. The zero-order valence-electron chi connectivity index (χ0n) is 26.0. The van der Waals surface area contributed by atoms with E-state index in [1.165, 1.54) is 44.9 Å². The van der Waals surface area contributed by atoms with Gasteiger partial charge in [-0.2, -0.15) is 0 Å². The van der Waals surface area contributed by atoms with Crippen LogP contribution in [0.2, 0.25) is 0 Å². The Morgan fingerprint density at radius 2 is 0.561 bits per heavy atom. The minimum atomic E-state index is 0.313. The molecule has 0 aliphatic carbocycles. The minimum absolute atomic E-state index is 0.313. The van der Waals surface area contributed by atoms with Crippen LogP contribution in [0.25, 0.3) is 0 Å². The maximum atomic E-state index is 5.61. The third kappa shape index (κ3) is 39.2. The summed E-state index contributed by atoms with van der Waals surface area (Å²) in [6.45, 7) is 13.1. The summed E-state index contributed by atoms with van der Waals surface area (Å²) in [5, 5.41) is 0. The third-order valence-electron chi connectivity index (χ3n) is 5.68. The van der Waals surface area contributed by atoms with Crippen LogP contribution < -0.4 is 0 Å². The Bertz CT molecular complexity index is 504. The van der Waals surface area contributed by atoms with Gasteiger partial charge in [0, 0.05) is 6.61 Å². The fraction of sp³-hybridized carbons (Fsp3) is 0.935. The Morgan fingerprint density at radius 3 is 0.854 bits per heavy atom. The van der Waals surface area contributed by atoms with E-state index >= 15 is 0 Å². The van der Waals surface area contributed by atoms with Crippen molar-refractivity contribution in [2.75, 3.05) is 132 Å². The van der Waals surface area contributed by atoms with Gasteiger partial charge in [0.15, 0.2) is 0 Å². The highest BCUT2D eigenvalue weighted by Gasteiger charge is 1.96. The Labute approximate surface area is 250 Å². The van der Waals surface area contributed by atoms with E-state index in [4.69, 9.17) is 53.8 Å². The summed E-state index contributed by atoms with van der Waals surface area (Å²) >= 11 is 0. The van der Waals surface area contributed by atoms with Crippen molar-refractivity contribution in [3.63, 3.8) is 0 Å². The van der Waals surface area contributed by atoms with Gasteiger partial charge in [-0.15, -0.1) is 6.42 Å². The molecule has 0 aliphatic heterocycles. The van der Waals surface area contributed by atoms with Crippen molar-refractivity contribution in [3.8, 4) is 12.3 Å². The van der Waals surface area contributed by atoms with E-state index in [9.17, 15) is 0 Å². The zero-order valence-corrected chi connectivity index (χ0v) is 26.0. The first-order chi connectivity index (χ1) is 20.4.